The SMILES string of the molecule is CCN(CC)CCSc1cc(N)ccc1C(=O)O. The van der Waals surface area contributed by atoms with Crippen molar-refractivity contribution in [3.63, 3.8) is 0 Å². The van der Waals surface area contributed by atoms with E-state index in [2.05, 4.69) is 18.7 Å². The van der Waals surface area contributed by atoms with Crippen molar-refractivity contribution in [2.45, 2.75) is 18.7 Å². The largest absolute Gasteiger partial charge is 0.478 e. The van der Waals surface area contributed by atoms with E-state index >= 15 is 0 Å². The lowest BCUT2D eigenvalue weighted by atomic mass is 10.2. The van der Waals surface area contributed by atoms with E-state index in [1.165, 1.54) is 0 Å². The molecule has 0 saturated heterocycles. The molecule has 0 spiro atoms. The van der Waals surface area contributed by atoms with Gasteiger partial charge in [0.2, 0.25) is 0 Å². The highest BCUT2D eigenvalue weighted by atomic mass is 32.2. The summed E-state index contributed by atoms with van der Waals surface area (Å²) in [6.07, 6.45) is 0. The minimum Gasteiger partial charge on any atom is -0.478 e. The zero-order valence-corrected chi connectivity index (χ0v) is 11.7. The van der Waals surface area contributed by atoms with Gasteiger partial charge in [-0.25, -0.2) is 4.79 Å². The van der Waals surface area contributed by atoms with Crippen LogP contribution in [0.4, 0.5) is 5.69 Å². The third kappa shape index (κ3) is 4.23. The predicted molar refractivity (Wildman–Crippen MR) is 76.3 cm³/mol. The van der Waals surface area contributed by atoms with Gasteiger partial charge in [-0.05, 0) is 31.3 Å². The van der Waals surface area contributed by atoms with Gasteiger partial charge in [-0.2, -0.15) is 0 Å². The zero-order chi connectivity index (χ0) is 13.5. The van der Waals surface area contributed by atoms with Crippen LogP contribution < -0.4 is 5.73 Å². The Labute approximate surface area is 112 Å². The van der Waals surface area contributed by atoms with Gasteiger partial charge in [0, 0.05) is 22.9 Å². The number of hydrogen-bond acceptors (Lipinski definition) is 4. The molecule has 4 nitrogen and oxygen atoms in total. The van der Waals surface area contributed by atoms with E-state index in [9.17, 15) is 4.79 Å². The van der Waals surface area contributed by atoms with Gasteiger partial charge in [-0.1, -0.05) is 13.8 Å². The average molecular weight is 268 g/mol. The smallest absolute Gasteiger partial charge is 0.336 e. The number of carbonyl (C=O) groups is 1. The van der Waals surface area contributed by atoms with Gasteiger partial charge in [-0.3, -0.25) is 0 Å². The maximum absolute atomic E-state index is 11.1. The second-order valence-corrected chi connectivity index (χ2v) is 5.07. The molecule has 0 fully saturated rings. The van der Waals surface area contributed by atoms with Gasteiger partial charge in [-0.15, -0.1) is 11.8 Å². The zero-order valence-electron chi connectivity index (χ0n) is 10.8. The summed E-state index contributed by atoms with van der Waals surface area (Å²) < 4.78 is 0. The summed E-state index contributed by atoms with van der Waals surface area (Å²) in [6, 6.07) is 4.92. The third-order valence-electron chi connectivity index (χ3n) is 2.80. The van der Waals surface area contributed by atoms with E-state index in [1.54, 1.807) is 30.0 Å². The van der Waals surface area contributed by atoms with E-state index in [0.29, 0.717) is 11.3 Å². The lowest BCUT2D eigenvalue weighted by molar-refractivity contribution is 0.0693. The first kappa shape index (κ1) is 14.9. The van der Waals surface area contributed by atoms with E-state index in [-0.39, 0.29) is 0 Å². The molecule has 100 valence electrons. The van der Waals surface area contributed by atoms with Crippen molar-refractivity contribution in [3.8, 4) is 0 Å². The van der Waals surface area contributed by atoms with Crippen LogP contribution in [0.15, 0.2) is 23.1 Å². The summed E-state index contributed by atoms with van der Waals surface area (Å²) >= 11 is 1.55. The van der Waals surface area contributed by atoms with Crippen LogP contribution in [-0.2, 0) is 0 Å². The van der Waals surface area contributed by atoms with Crippen LogP contribution in [-0.4, -0.2) is 41.4 Å². The van der Waals surface area contributed by atoms with Crippen molar-refractivity contribution in [1.29, 1.82) is 0 Å². The molecule has 0 radical (unpaired) electrons. The molecule has 1 aromatic carbocycles. The Balaban J connectivity index is 2.66. The second-order valence-electron chi connectivity index (χ2n) is 3.94. The van der Waals surface area contributed by atoms with Gasteiger partial charge in [0.05, 0.1) is 5.56 Å². The monoisotopic (exact) mass is 268 g/mol. The highest BCUT2D eigenvalue weighted by Gasteiger charge is 2.11. The van der Waals surface area contributed by atoms with Crippen molar-refractivity contribution in [1.82, 2.24) is 4.90 Å². The molecule has 0 aliphatic carbocycles. The van der Waals surface area contributed by atoms with E-state index in [4.69, 9.17) is 10.8 Å². The molecular formula is C13H20N2O2S. The Morgan fingerprint density at radius 3 is 2.61 bits per heavy atom. The minimum atomic E-state index is -0.902. The van der Waals surface area contributed by atoms with Crippen LogP contribution in [0.5, 0.6) is 0 Å². The minimum absolute atomic E-state index is 0.328. The molecule has 1 rings (SSSR count). The Morgan fingerprint density at radius 1 is 1.39 bits per heavy atom. The van der Waals surface area contributed by atoms with Crippen molar-refractivity contribution in [2.75, 3.05) is 31.1 Å². The van der Waals surface area contributed by atoms with Crippen LogP contribution in [0.3, 0.4) is 0 Å². The van der Waals surface area contributed by atoms with Crippen molar-refractivity contribution < 1.29 is 9.90 Å². The maximum Gasteiger partial charge on any atom is 0.336 e. The van der Waals surface area contributed by atoms with E-state index in [0.717, 1.165) is 30.3 Å². The molecule has 0 aliphatic rings. The number of carboxylic acids is 1. The fraction of sp³-hybridized carbons (Fsp3) is 0.462. The first-order chi connectivity index (χ1) is 8.58. The highest BCUT2D eigenvalue weighted by Crippen LogP contribution is 2.25. The normalized spacial score (nSPS) is 10.8. The lowest BCUT2D eigenvalue weighted by Gasteiger charge is -2.17. The molecule has 0 bridgehead atoms. The van der Waals surface area contributed by atoms with Gasteiger partial charge in [0.1, 0.15) is 0 Å². The van der Waals surface area contributed by atoms with Crippen LogP contribution in [0, 0.1) is 0 Å². The maximum atomic E-state index is 11.1. The number of nitrogens with zero attached hydrogens (tertiary/aromatic N) is 1. The molecule has 0 aromatic heterocycles. The number of anilines is 1. The molecule has 0 saturated carbocycles. The third-order valence-corrected chi connectivity index (χ3v) is 3.83. The summed E-state index contributed by atoms with van der Waals surface area (Å²) in [6.45, 7) is 7.22. The molecule has 1 aromatic rings. The number of benzene rings is 1. The first-order valence-electron chi connectivity index (χ1n) is 6.06. The molecule has 0 aliphatic heterocycles. The lowest BCUT2D eigenvalue weighted by Crippen LogP contribution is -2.25. The highest BCUT2D eigenvalue weighted by molar-refractivity contribution is 7.99. The number of nitrogen functional groups attached to an aromatic ring is 1. The fourth-order valence-corrected chi connectivity index (χ4v) is 2.76. The number of aromatic carboxylic acids is 1. The molecule has 18 heavy (non-hydrogen) atoms. The topological polar surface area (TPSA) is 66.6 Å². The molecule has 0 amide bonds. The van der Waals surface area contributed by atoms with Crippen LogP contribution in [0.2, 0.25) is 0 Å². The molecule has 0 unspecified atom stereocenters. The number of hydrogen-bond donors (Lipinski definition) is 2. The predicted octanol–water partition coefficient (Wildman–Crippen LogP) is 2.40. The Bertz CT molecular complexity index is 406. The average Bonchev–Trinajstić information content (AvgIpc) is 2.34. The van der Waals surface area contributed by atoms with Crippen LogP contribution >= 0.6 is 11.8 Å². The van der Waals surface area contributed by atoms with Crippen molar-refractivity contribution in [3.05, 3.63) is 23.8 Å². The van der Waals surface area contributed by atoms with Gasteiger partial charge < -0.3 is 15.7 Å². The van der Waals surface area contributed by atoms with Gasteiger partial charge >= 0.3 is 5.97 Å². The Hall–Kier alpha value is -1.20. The fourth-order valence-electron chi connectivity index (χ4n) is 1.66. The Kier molecular flexibility index (Phi) is 6.01. The van der Waals surface area contributed by atoms with E-state index < -0.39 is 5.97 Å². The quantitative estimate of drug-likeness (QED) is 0.587. The number of carboxylic acid groups (broad SMARTS) is 1. The molecular weight excluding hydrogens is 248 g/mol. The number of thioether (sulfide) groups is 1. The van der Waals surface area contributed by atoms with Gasteiger partial charge in [0.15, 0.2) is 0 Å². The summed E-state index contributed by atoms with van der Waals surface area (Å²) in [4.78, 5) is 14.1. The molecule has 0 heterocycles. The second kappa shape index (κ2) is 7.28. The number of nitrogens with two attached hydrogens (primary N) is 1. The summed E-state index contributed by atoms with van der Waals surface area (Å²) in [5, 5.41) is 9.09. The summed E-state index contributed by atoms with van der Waals surface area (Å²) in [7, 11) is 0. The molecule has 0 atom stereocenters. The van der Waals surface area contributed by atoms with Crippen LogP contribution in [0.1, 0.15) is 24.2 Å². The molecule has 3 N–H and O–H groups in total. The van der Waals surface area contributed by atoms with Gasteiger partial charge in [0.25, 0.3) is 0 Å². The first-order valence-corrected chi connectivity index (χ1v) is 7.05. The Morgan fingerprint density at radius 2 is 2.06 bits per heavy atom. The van der Waals surface area contributed by atoms with Crippen molar-refractivity contribution >= 4 is 23.4 Å². The van der Waals surface area contributed by atoms with Crippen molar-refractivity contribution in [2.24, 2.45) is 0 Å². The standard InChI is InChI=1S/C13H20N2O2S/c1-3-15(4-2)7-8-18-12-9-10(14)5-6-11(12)13(16)17/h5-6,9H,3-4,7-8,14H2,1-2H3,(H,16,17). The van der Waals surface area contributed by atoms with E-state index in [1.807, 2.05) is 0 Å². The van der Waals surface area contributed by atoms with Crippen LogP contribution in [0.25, 0.3) is 0 Å². The summed E-state index contributed by atoms with van der Waals surface area (Å²) in [5.41, 5.74) is 6.62. The molecule has 5 heteroatoms. The summed E-state index contributed by atoms with van der Waals surface area (Å²) in [5.74, 6) is -0.0360. The number of rotatable bonds is 7.